The number of benzene rings is 1. The van der Waals surface area contributed by atoms with E-state index in [0.717, 1.165) is 25.6 Å². The van der Waals surface area contributed by atoms with Gasteiger partial charge < -0.3 is 23.8 Å². The van der Waals surface area contributed by atoms with Gasteiger partial charge in [-0.05, 0) is 19.1 Å². The second-order valence-electron chi connectivity index (χ2n) is 5.86. The van der Waals surface area contributed by atoms with E-state index in [1.54, 1.807) is 32.4 Å². The van der Waals surface area contributed by atoms with Crippen LogP contribution < -0.4 is 14.4 Å². The van der Waals surface area contributed by atoms with Crippen molar-refractivity contribution < 1.29 is 14.3 Å². The van der Waals surface area contributed by atoms with Gasteiger partial charge in [-0.3, -0.25) is 4.79 Å². The molecule has 1 aliphatic heterocycles. The Morgan fingerprint density at radius 2 is 1.92 bits per heavy atom. The van der Waals surface area contributed by atoms with E-state index in [4.69, 9.17) is 9.47 Å². The molecule has 0 aliphatic carbocycles. The smallest absolute Gasteiger partial charge is 0.257 e. The van der Waals surface area contributed by atoms with E-state index < -0.39 is 0 Å². The highest BCUT2D eigenvalue weighted by atomic mass is 16.5. The first kappa shape index (κ1) is 17.1. The van der Waals surface area contributed by atoms with E-state index >= 15 is 0 Å². The lowest BCUT2D eigenvalue weighted by atomic mass is 10.1. The van der Waals surface area contributed by atoms with Crippen LogP contribution in [0.15, 0.2) is 30.6 Å². The molecule has 3 rings (SSSR count). The molecule has 0 N–H and O–H groups in total. The number of carbonyl (C=O) groups excluding carboxylic acids is 1. The van der Waals surface area contributed by atoms with Crippen LogP contribution in [0.4, 0.5) is 5.95 Å². The SMILES string of the molecule is CCn1ccnc1N1CCN(C(=O)c2ccc(OC)cc2OC)CC1. The number of aromatic nitrogens is 2. The highest BCUT2D eigenvalue weighted by Crippen LogP contribution is 2.26. The zero-order valence-electron chi connectivity index (χ0n) is 14.9. The molecule has 134 valence electrons. The number of piperazine rings is 1. The van der Waals surface area contributed by atoms with Gasteiger partial charge in [-0.2, -0.15) is 0 Å². The third-order valence-electron chi connectivity index (χ3n) is 4.52. The van der Waals surface area contributed by atoms with Gasteiger partial charge in [0.05, 0.1) is 19.8 Å². The molecule has 0 saturated carbocycles. The Morgan fingerprint density at radius 1 is 1.16 bits per heavy atom. The molecule has 7 heteroatoms. The van der Waals surface area contributed by atoms with E-state index in [-0.39, 0.29) is 5.91 Å². The molecule has 7 nitrogen and oxygen atoms in total. The molecule has 1 saturated heterocycles. The number of anilines is 1. The quantitative estimate of drug-likeness (QED) is 0.829. The van der Waals surface area contributed by atoms with E-state index in [1.165, 1.54) is 0 Å². The van der Waals surface area contributed by atoms with Crippen LogP contribution in [0, 0.1) is 0 Å². The maximum atomic E-state index is 12.9. The normalized spacial score (nSPS) is 14.5. The fraction of sp³-hybridized carbons (Fsp3) is 0.444. The van der Waals surface area contributed by atoms with Crippen LogP contribution in [0.5, 0.6) is 11.5 Å². The molecular weight excluding hydrogens is 320 g/mol. The van der Waals surface area contributed by atoms with E-state index in [2.05, 4.69) is 21.4 Å². The molecule has 0 atom stereocenters. The van der Waals surface area contributed by atoms with Gasteiger partial charge in [-0.15, -0.1) is 0 Å². The van der Waals surface area contributed by atoms with Crippen LogP contribution in [0.2, 0.25) is 0 Å². The van der Waals surface area contributed by atoms with Crippen molar-refractivity contribution in [2.75, 3.05) is 45.3 Å². The van der Waals surface area contributed by atoms with E-state index in [1.807, 2.05) is 17.3 Å². The molecule has 2 aromatic rings. The maximum absolute atomic E-state index is 12.9. The van der Waals surface area contributed by atoms with Crippen LogP contribution >= 0.6 is 0 Å². The molecule has 1 aliphatic rings. The number of hydrogen-bond donors (Lipinski definition) is 0. The molecule has 1 amide bonds. The Balaban J connectivity index is 1.70. The third-order valence-corrected chi connectivity index (χ3v) is 4.52. The van der Waals surface area contributed by atoms with Crippen LogP contribution in [-0.4, -0.2) is 60.8 Å². The number of rotatable bonds is 5. The van der Waals surface area contributed by atoms with Crippen LogP contribution in [-0.2, 0) is 6.54 Å². The second kappa shape index (κ2) is 7.46. The van der Waals surface area contributed by atoms with E-state index in [9.17, 15) is 4.79 Å². The summed E-state index contributed by atoms with van der Waals surface area (Å²) in [4.78, 5) is 21.4. The molecule has 0 bridgehead atoms. The first-order valence-electron chi connectivity index (χ1n) is 8.45. The average molecular weight is 344 g/mol. The van der Waals surface area contributed by atoms with Gasteiger partial charge in [-0.25, -0.2) is 4.98 Å². The summed E-state index contributed by atoms with van der Waals surface area (Å²) in [6.45, 7) is 5.83. The van der Waals surface area contributed by atoms with Gasteiger partial charge in [0.25, 0.3) is 5.91 Å². The maximum Gasteiger partial charge on any atom is 0.257 e. The zero-order valence-corrected chi connectivity index (χ0v) is 14.9. The van der Waals surface area contributed by atoms with Crippen LogP contribution in [0.1, 0.15) is 17.3 Å². The third kappa shape index (κ3) is 3.40. The van der Waals surface area contributed by atoms with Crippen molar-refractivity contribution in [3.8, 4) is 11.5 Å². The fourth-order valence-electron chi connectivity index (χ4n) is 3.09. The number of amides is 1. The summed E-state index contributed by atoms with van der Waals surface area (Å²) in [5.41, 5.74) is 0.562. The molecule has 2 heterocycles. The summed E-state index contributed by atoms with van der Waals surface area (Å²) in [6, 6.07) is 5.28. The minimum atomic E-state index is -0.0158. The predicted octanol–water partition coefficient (Wildman–Crippen LogP) is 1.88. The Kier molecular flexibility index (Phi) is 5.11. The molecule has 1 aromatic carbocycles. The van der Waals surface area contributed by atoms with Crippen molar-refractivity contribution in [2.24, 2.45) is 0 Å². The summed E-state index contributed by atoms with van der Waals surface area (Å²) in [6.07, 6.45) is 3.80. The number of aryl methyl sites for hydroxylation is 1. The number of hydrogen-bond acceptors (Lipinski definition) is 5. The predicted molar refractivity (Wildman–Crippen MR) is 95.6 cm³/mol. The Hall–Kier alpha value is -2.70. The Bertz CT molecular complexity index is 736. The lowest BCUT2D eigenvalue weighted by Gasteiger charge is -2.35. The standard InChI is InChI=1S/C18H24N4O3/c1-4-20-8-7-19-18(20)22-11-9-21(10-12-22)17(23)15-6-5-14(24-2)13-16(15)25-3/h5-8,13H,4,9-12H2,1-3H3. The number of carbonyl (C=O) groups is 1. The summed E-state index contributed by atoms with van der Waals surface area (Å²) < 4.78 is 12.7. The lowest BCUT2D eigenvalue weighted by molar-refractivity contribution is 0.0742. The minimum Gasteiger partial charge on any atom is -0.497 e. The van der Waals surface area contributed by atoms with Gasteiger partial charge in [0.1, 0.15) is 11.5 Å². The summed E-state index contributed by atoms with van der Waals surface area (Å²) in [7, 11) is 3.16. The average Bonchev–Trinajstić information content (AvgIpc) is 3.15. The number of methoxy groups -OCH3 is 2. The van der Waals surface area contributed by atoms with Crippen LogP contribution in [0.3, 0.4) is 0 Å². The molecule has 0 spiro atoms. The minimum absolute atomic E-state index is 0.0158. The fourth-order valence-corrected chi connectivity index (χ4v) is 3.09. The number of nitrogens with zero attached hydrogens (tertiary/aromatic N) is 4. The van der Waals surface area contributed by atoms with Gasteiger partial charge >= 0.3 is 0 Å². The van der Waals surface area contributed by atoms with E-state index in [0.29, 0.717) is 30.2 Å². The zero-order chi connectivity index (χ0) is 17.8. The number of imidazole rings is 1. The Morgan fingerprint density at radius 3 is 2.56 bits per heavy atom. The first-order valence-corrected chi connectivity index (χ1v) is 8.45. The monoisotopic (exact) mass is 344 g/mol. The largest absolute Gasteiger partial charge is 0.497 e. The van der Waals surface area contributed by atoms with Crippen molar-refractivity contribution in [1.29, 1.82) is 0 Å². The lowest BCUT2D eigenvalue weighted by Crippen LogP contribution is -2.49. The summed E-state index contributed by atoms with van der Waals surface area (Å²) >= 11 is 0. The van der Waals surface area contributed by atoms with Crippen molar-refractivity contribution in [3.05, 3.63) is 36.2 Å². The molecule has 1 aromatic heterocycles. The Labute approximate surface area is 147 Å². The van der Waals surface area contributed by atoms with Crippen LogP contribution in [0.25, 0.3) is 0 Å². The van der Waals surface area contributed by atoms with Crippen molar-refractivity contribution in [3.63, 3.8) is 0 Å². The van der Waals surface area contributed by atoms with Gasteiger partial charge in [0, 0.05) is 51.2 Å². The van der Waals surface area contributed by atoms with Crippen molar-refractivity contribution in [1.82, 2.24) is 14.5 Å². The van der Waals surface area contributed by atoms with Crippen molar-refractivity contribution >= 4 is 11.9 Å². The molecule has 0 radical (unpaired) electrons. The van der Waals surface area contributed by atoms with Gasteiger partial charge in [0.2, 0.25) is 5.95 Å². The second-order valence-corrected chi connectivity index (χ2v) is 5.86. The molecule has 0 unspecified atom stereocenters. The molecule has 25 heavy (non-hydrogen) atoms. The molecular formula is C18H24N4O3. The summed E-state index contributed by atoms with van der Waals surface area (Å²) in [5.74, 6) is 2.16. The number of ether oxygens (including phenoxy) is 2. The summed E-state index contributed by atoms with van der Waals surface area (Å²) in [5, 5.41) is 0. The van der Waals surface area contributed by atoms with Gasteiger partial charge in [0.15, 0.2) is 0 Å². The highest BCUT2D eigenvalue weighted by molar-refractivity contribution is 5.97. The topological polar surface area (TPSA) is 59.8 Å². The molecule has 1 fully saturated rings. The highest BCUT2D eigenvalue weighted by Gasteiger charge is 2.26. The first-order chi connectivity index (χ1) is 12.2. The van der Waals surface area contributed by atoms with Gasteiger partial charge in [-0.1, -0.05) is 0 Å². The van der Waals surface area contributed by atoms with Crippen molar-refractivity contribution in [2.45, 2.75) is 13.5 Å².